The van der Waals surface area contributed by atoms with Crippen molar-refractivity contribution < 1.29 is 4.79 Å². The molecule has 29 heavy (non-hydrogen) atoms. The summed E-state index contributed by atoms with van der Waals surface area (Å²) in [5, 5.41) is 6.53. The summed E-state index contributed by atoms with van der Waals surface area (Å²) in [6.45, 7) is 5.20. The Morgan fingerprint density at radius 3 is 2.55 bits per heavy atom. The van der Waals surface area contributed by atoms with Crippen molar-refractivity contribution in [1.82, 2.24) is 15.5 Å². The Morgan fingerprint density at radius 2 is 1.79 bits per heavy atom. The second kappa shape index (κ2) is 12.7. The number of aliphatic imine (C=N–C) groups is 1. The molecule has 0 bridgehead atoms. The van der Waals surface area contributed by atoms with E-state index in [1.165, 1.54) is 16.0 Å². The fourth-order valence-electron chi connectivity index (χ4n) is 3.15. The number of nitrogens with one attached hydrogen (secondary N) is 2. The van der Waals surface area contributed by atoms with Gasteiger partial charge in [0, 0.05) is 36.8 Å². The minimum absolute atomic E-state index is 0. The monoisotopic (exact) mass is 524 g/mol. The number of thioether (sulfide) groups is 1. The van der Waals surface area contributed by atoms with E-state index in [2.05, 4.69) is 46.0 Å². The number of rotatable bonds is 7. The van der Waals surface area contributed by atoms with Crippen molar-refractivity contribution >= 4 is 47.6 Å². The maximum atomic E-state index is 12.6. The van der Waals surface area contributed by atoms with Gasteiger partial charge in [0.15, 0.2) is 5.96 Å². The van der Waals surface area contributed by atoms with E-state index in [-0.39, 0.29) is 36.4 Å². The van der Waals surface area contributed by atoms with Crippen LogP contribution in [0.4, 0.5) is 0 Å². The van der Waals surface area contributed by atoms with E-state index in [9.17, 15) is 4.79 Å². The van der Waals surface area contributed by atoms with E-state index in [0.29, 0.717) is 12.5 Å². The van der Waals surface area contributed by atoms with Crippen molar-refractivity contribution in [3.63, 3.8) is 0 Å². The van der Waals surface area contributed by atoms with Crippen LogP contribution < -0.4 is 10.6 Å². The highest BCUT2D eigenvalue weighted by Gasteiger charge is 2.19. The van der Waals surface area contributed by atoms with Crippen LogP contribution in [0.1, 0.15) is 18.1 Å². The molecule has 3 rings (SSSR count). The Labute approximate surface area is 194 Å². The molecule has 2 aromatic rings. The molecule has 7 heteroatoms. The van der Waals surface area contributed by atoms with Gasteiger partial charge in [-0.2, -0.15) is 0 Å². The zero-order valence-electron chi connectivity index (χ0n) is 16.8. The SMILES string of the molecule is CCNC(=NCC(=O)N1CCc2ccccc2C1)NCCSc1ccccc1.I. The molecule has 5 nitrogen and oxygen atoms in total. The first-order chi connectivity index (χ1) is 13.8. The summed E-state index contributed by atoms with van der Waals surface area (Å²) in [7, 11) is 0. The summed E-state index contributed by atoms with van der Waals surface area (Å²) >= 11 is 1.80. The fourth-order valence-corrected chi connectivity index (χ4v) is 3.94. The van der Waals surface area contributed by atoms with E-state index in [1.807, 2.05) is 36.1 Å². The largest absolute Gasteiger partial charge is 0.357 e. The Morgan fingerprint density at radius 1 is 1.07 bits per heavy atom. The molecule has 0 saturated heterocycles. The molecule has 2 aromatic carbocycles. The van der Waals surface area contributed by atoms with Gasteiger partial charge in [-0.1, -0.05) is 42.5 Å². The van der Waals surface area contributed by atoms with Crippen molar-refractivity contribution in [3.8, 4) is 0 Å². The summed E-state index contributed by atoms with van der Waals surface area (Å²) < 4.78 is 0. The molecule has 0 unspecified atom stereocenters. The van der Waals surface area contributed by atoms with Gasteiger partial charge in [-0.15, -0.1) is 35.7 Å². The Balaban J connectivity index is 0.00000300. The Kier molecular flexibility index (Phi) is 10.3. The van der Waals surface area contributed by atoms with E-state index in [4.69, 9.17) is 0 Å². The molecule has 0 radical (unpaired) electrons. The van der Waals surface area contributed by atoms with Gasteiger partial charge in [0.05, 0.1) is 0 Å². The molecule has 0 aromatic heterocycles. The molecule has 0 aliphatic carbocycles. The third-order valence-electron chi connectivity index (χ3n) is 4.61. The first-order valence-corrected chi connectivity index (χ1v) is 10.8. The first kappa shape index (κ1) is 23.5. The van der Waals surface area contributed by atoms with Gasteiger partial charge in [-0.3, -0.25) is 4.79 Å². The van der Waals surface area contributed by atoms with Crippen LogP contribution in [0.15, 0.2) is 64.5 Å². The zero-order chi connectivity index (χ0) is 19.6. The molecule has 1 heterocycles. The summed E-state index contributed by atoms with van der Waals surface area (Å²) in [6.07, 6.45) is 0.917. The molecule has 0 fully saturated rings. The average molecular weight is 524 g/mol. The first-order valence-electron chi connectivity index (χ1n) is 9.81. The van der Waals surface area contributed by atoms with Crippen molar-refractivity contribution in [2.45, 2.75) is 24.8 Å². The summed E-state index contributed by atoms with van der Waals surface area (Å²) in [5.41, 5.74) is 2.59. The number of carbonyl (C=O) groups is 1. The number of hydrogen-bond acceptors (Lipinski definition) is 3. The van der Waals surface area contributed by atoms with Gasteiger partial charge >= 0.3 is 0 Å². The Bertz CT molecular complexity index is 800. The normalized spacial score (nSPS) is 13.3. The smallest absolute Gasteiger partial charge is 0.244 e. The lowest BCUT2D eigenvalue weighted by molar-refractivity contribution is -0.130. The molecule has 0 spiro atoms. The van der Waals surface area contributed by atoms with Crippen LogP contribution >= 0.6 is 35.7 Å². The maximum absolute atomic E-state index is 12.6. The molecule has 1 aliphatic rings. The molecule has 0 atom stereocenters. The molecule has 156 valence electrons. The van der Waals surface area contributed by atoms with Crippen molar-refractivity contribution in [3.05, 3.63) is 65.7 Å². The number of carbonyl (C=O) groups excluding carboxylic acids is 1. The van der Waals surface area contributed by atoms with Crippen molar-refractivity contribution in [2.75, 3.05) is 31.9 Å². The predicted octanol–water partition coefficient (Wildman–Crippen LogP) is 3.54. The molecule has 1 amide bonds. The van der Waals surface area contributed by atoms with Gasteiger partial charge in [-0.05, 0) is 36.6 Å². The van der Waals surface area contributed by atoms with Crippen LogP contribution in [0.25, 0.3) is 0 Å². The second-order valence-corrected chi connectivity index (χ2v) is 7.79. The van der Waals surface area contributed by atoms with Crippen molar-refractivity contribution in [1.29, 1.82) is 0 Å². The maximum Gasteiger partial charge on any atom is 0.244 e. The molecule has 0 saturated carbocycles. The van der Waals surface area contributed by atoms with Crippen molar-refractivity contribution in [2.24, 2.45) is 4.99 Å². The lowest BCUT2D eigenvalue weighted by Crippen LogP contribution is -2.41. The number of hydrogen-bond donors (Lipinski definition) is 2. The van der Waals surface area contributed by atoms with Crippen LogP contribution in [0.2, 0.25) is 0 Å². The predicted molar refractivity (Wildman–Crippen MR) is 132 cm³/mol. The highest BCUT2D eigenvalue weighted by molar-refractivity contribution is 14.0. The van der Waals surface area contributed by atoms with Crippen LogP contribution in [-0.4, -0.2) is 48.7 Å². The molecule has 1 aliphatic heterocycles. The van der Waals surface area contributed by atoms with E-state index < -0.39 is 0 Å². The topological polar surface area (TPSA) is 56.7 Å². The summed E-state index contributed by atoms with van der Waals surface area (Å²) in [6, 6.07) is 18.7. The second-order valence-electron chi connectivity index (χ2n) is 6.62. The quantitative estimate of drug-likeness (QED) is 0.191. The third-order valence-corrected chi connectivity index (χ3v) is 5.62. The molecule has 2 N–H and O–H groups in total. The number of halogens is 1. The van der Waals surface area contributed by atoms with Crippen LogP contribution in [-0.2, 0) is 17.8 Å². The minimum atomic E-state index is 0. The number of amides is 1. The van der Waals surface area contributed by atoms with Crippen LogP contribution in [0.5, 0.6) is 0 Å². The van der Waals surface area contributed by atoms with Gasteiger partial charge in [-0.25, -0.2) is 4.99 Å². The highest BCUT2D eigenvalue weighted by Crippen LogP contribution is 2.18. The minimum Gasteiger partial charge on any atom is -0.357 e. The summed E-state index contributed by atoms with van der Waals surface area (Å²) in [5.74, 6) is 1.71. The standard InChI is InChI=1S/C22H28N4OS.HI/c1-2-23-22(24-13-15-28-20-10-4-3-5-11-20)25-16-21(27)26-14-12-18-8-6-7-9-19(18)17-26;/h3-11H,2,12-17H2,1H3,(H2,23,24,25);1H. The third kappa shape index (κ3) is 7.54. The molecular formula is C22H29IN4OS. The van der Waals surface area contributed by atoms with E-state index in [0.717, 1.165) is 31.8 Å². The zero-order valence-corrected chi connectivity index (χ0v) is 19.9. The van der Waals surface area contributed by atoms with Gasteiger partial charge in [0.25, 0.3) is 0 Å². The number of benzene rings is 2. The molecular weight excluding hydrogens is 495 g/mol. The highest BCUT2D eigenvalue weighted by atomic mass is 127. The van der Waals surface area contributed by atoms with E-state index in [1.54, 1.807) is 11.8 Å². The van der Waals surface area contributed by atoms with Gasteiger partial charge < -0.3 is 15.5 Å². The van der Waals surface area contributed by atoms with Crippen LogP contribution in [0.3, 0.4) is 0 Å². The lowest BCUT2D eigenvalue weighted by atomic mass is 10.00. The number of nitrogens with zero attached hydrogens (tertiary/aromatic N) is 2. The number of guanidine groups is 1. The Hall–Kier alpha value is -1.74. The lowest BCUT2D eigenvalue weighted by Gasteiger charge is -2.28. The van der Waals surface area contributed by atoms with E-state index >= 15 is 0 Å². The summed E-state index contributed by atoms with van der Waals surface area (Å²) in [4.78, 5) is 20.2. The average Bonchev–Trinajstić information content (AvgIpc) is 2.75. The van der Waals surface area contributed by atoms with Gasteiger partial charge in [0.1, 0.15) is 6.54 Å². The number of fused-ring (bicyclic) bond motifs is 1. The van der Waals surface area contributed by atoms with Gasteiger partial charge in [0.2, 0.25) is 5.91 Å². The fraction of sp³-hybridized carbons (Fsp3) is 0.364. The van der Waals surface area contributed by atoms with Crippen LogP contribution in [0, 0.1) is 0 Å².